The van der Waals surface area contributed by atoms with Crippen LogP contribution in [-0.2, 0) is 18.8 Å². The number of anilines is 1. The third-order valence-electron chi connectivity index (χ3n) is 3.73. The fourth-order valence-electron chi connectivity index (χ4n) is 2.44. The van der Waals surface area contributed by atoms with Crippen molar-refractivity contribution in [3.05, 3.63) is 65.2 Å². The van der Waals surface area contributed by atoms with Gasteiger partial charge in [0.05, 0.1) is 23.8 Å². The van der Waals surface area contributed by atoms with Crippen LogP contribution in [-0.4, -0.2) is 22.9 Å². The standard InChI is InChI=1S/C18H16F6N2OS/c19-17(20,21)12-7-13(18(22,23)24)9-14(8-12)25-16(28)26-15(10-27)6-11-4-2-1-3-5-11/h1-5,7-9,15,27H,6,10H2,(H2,25,26,28)/t15-/m0/s1. The van der Waals surface area contributed by atoms with Crippen molar-refractivity contribution in [1.82, 2.24) is 5.32 Å². The second-order valence-electron chi connectivity index (χ2n) is 5.96. The van der Waals surface area contributed by atoms with Gasteiger partial charge in [-0.3, -0.25) is 0 Å². The van der Waals surface area contributed by atoms with Crippen molar-refractivity contribution in [2.24, 2.45) is 0 Å². The zero-order valence-electron chi connectivity index (χ0n) is 14.2. The van der Waals surface area contributed by atoms with Crippen LogP contribution in [0, 0.1) is 0 Å². The number of nitrogens with one attached hydrogen (secondary N) is 2. The number of halogens is 6. The lowest BCUT2D eigenvalue weighted by Crippen LogP contribution is -2.41. The summed E-state index contributed by atoms with van der Waals surface area (Å²) >= 11 is 4.97. The molecule has 3 N–H and O–H groups in total. The number of benzene rings is 2. The summed E-state index contributed by atoms with van der Waals surface area (Å²) in [5.74, 6) is 0. The maximum atomic E-state index is 12.9. The summed E-state index contributed by atoms with van der Waals surface area (Å²) in [6.45, 7) is -0.340. The Labute approximate surface area is 162 Å². The van der Waals surface area contributed by atoms with Crippen LogP contribution in [0.4, 0.5) is 32.0 Å². The van der Waals surface area contributed by atoms with E-state index in [0.29, 0.717) is 18.6 Å². The van der Waals surface area contributed by atoms with E-state index in [1.165, 1.54) is 0 Å². The lowest BCUT2D eigenvalue weighted by molar-refractivity contribution is -0.143. The monoisotopic (exact) mass is 422 g/mol. The third-order valence-corrected chi connectivity index (χ3v) is 3.95. The predicted molar refractivity (Wildman–Crippen MR) is 96.8 cm³/mol. The highest BCUT2D eigenvalue weighted by molar-refractivity contribution is 7.80. The summed E-state index contributed by atoms with van der Waals surface area (Å²) in [5.41, 5.74) is -2.49. The molecule has 0 bridgehead atoms. The van der Waals surface area contributed by atoms with E-state index in [1.54, 1.807) is 12.1 Å². The molecule has 0 aliphatic heterocycles. The summed E-state index contributed by atoms with van der Waals surface area (Å²) in [7, 11) is 0. The van der Waals surface area contributed by atoms with Crippen molar-refractivity contribution < 1.29 is 31.4 Å². The van der Waals surface area contributed by atoms with Crippen LogP contribution in [0.25, 0.3) is 0 Å². The maximum Gasteiger partial charge on any atom is 0.416 e. The first kappa shape index (κ1) is 22.0. The van der Waals surface area contributed by atoms with Crippen LogP contribution in [0.2, 0.25) is 0 Å². The molecule has 0 aromatic heterocycles. The van der Waals surface area contributed by atoms with Crippen molar-refractivity contribution in [2.45, 2.75) is 24.8 Å². The first-order chi connectivity index (χ1) is 13.0. The zero-order chi connectivity index (χ0) is 20.9. The SMILES string of the molecule is OC[C@H](Cc1ccccc1)NC(=S)Nc1cc(C(F)(F)F)cc(C(F)(F)F)c1. The minimum absolute atomic E-state index is 0.0353. The van der Waals surface area contributed by atoms with Crippen LogP contribution in [0.3, 0.4) is 0 Å². The van der Waals surface area contributed by atoms with Gasteiger partial charge in [0, 0.05) is 5.69 Å². The smallest absolute Gasteiger partial charge is 0.394 e. The molecule has 1 atom stereocenters. The number of aliphatic hydroxyl groups excluding tert-OH is 1. The summed E-state index contributed by atoms with van der Waals surface area (Å²) in [6, 6.07) is 9.55. The molecule has 0 fully saturated rings. The molecule has 2 aromatic carbocycles. The van der Waals surface area contributed by atoms with Gasteiger partial charge in [-0.25, -0.2) is 0 Å². The highest BCUT2D eigenvalue weighted by atomic mass is 32.1. The topological polar surface area (TPSA) is 44.3 Å². The van der Waals surface area contributed by atoms with Crippen molar-refractivity contribution >= 4 is 23.0 Å². The molecule has 2 rings (SSSR count). The summed E-state index contributed by atoms with van der Waals surface area (Å²) < 4.78 is 77.4. The fourth-order valence-corrected chi connectivity index (χ4v) is 2.72. The highest BCUT2D eigenvalue weighted by Crippen LogP contribution is 2.37. The quantitative estimate of drug-likeness (QED) is 0.486. The lowest BCUT2D eigenvalue weighted by atomic mass is 10.1. The lowest BCUT2D eigenvalue weighted by Gasteiger charge is -2.20. The number of aliphatic hydroxyl groups is 1. The molecule has 2 aromatic rings. The van der Waals surface area contributed by atoms with Crippen molar-refractivity contribution in [3.8, 4) is 0 Å². The summed E-state index contributed by atoms with van der Waals surface area (Å²) in [4.78, 5) is 0. The second kappa shape index (κ2) is 8.78. The van der Waals surface area contributed by atoms with Crippen LogP contribution < -0.4 is 10.6 Å². The molecule has 10 heteroatoms. The van der Waals surface area contributed by atoms with Gasteiger partial charge >= 0.3 is 12.4 Å². The van der Waals surface area contributed by atoms with Crippen LogP contribution in [0.15, 0.2) is 48.5 Å². The molecule has 0 saturated heterocycles. The van der Waals surface area contributed by atoms with Gasteiger partial charge in [0.25, 0.3) is 0 Å². The summed E-state index contributed by atoms with van der Waals surface area (Å²) in [6.07, 6.45) is -9.54. The molecule has 152 valence electrons. The van der Waals surface area contributed by atoms with E-state index in [-0.39, 0.29) is 17.8 Å². The molecule has 3 nitrogen and oxygen atoms in total. The Hall–Kier alpha value is -2.33. The van der Waals surface area contributed by atoms with Crippen molar-refractivity contribution in [3.63, 3.8) is 0 Å². The number of hydrogen-bond donors (Lipinski definition) is 3. The van der Waals surface area contributed by atoms with Crippen LogP contribution in [0.5, 0.6) is 0 Å². The Kier molecular flexibility index (Phi) is 6.89. The van der Waals surface area contributed by atoms with Crippen molar-refractivity contribution in [2.75, 3.05) is 11.9 Å². The minimum atomic E-state index is -4.95. The molecule has 0 unspecified atom stereocenters. The molecule has 0 aliphatic rings. The van der Waals surface area contributed by atoms with E-state index in [2.05, 4.69) is 10.6 Å². The van der Waals surface area contributed by atoms with Crippen LogP contribution >= 0.6 is 12.2 Å². The van der Waals surface area contributed by atoms with E-state index >= 15 is 0 Å². The molecule has 0 saturated carbocycles. The average Bonchev–Trinajstić information content (AvgIpc) is 2.60. The van der Waals surface area contributed by atoms with E-state index in [0.717, 1.165) is 5.56 Å². The van der Waals surface area contributed by atoms with Gasteiger partial charge < -0.3 is 15.7 Å². The number of hydrogen-bond acceptors (Lipinski definition) is 2. The van der Waals surface area contributed by atoms with Gasteiger partial charge in [-0.1, -0.05) is 30.3 Å². The molecular weight excluding hydrogens is 406 g/mol. The molecule has 0 spiro atoms. The van der Waals surface area contributed by atoms with Crippen LogP contribution in [0.1, 0.15) is 16.7 Å². The van der Waals surface area contributed by atoms with Gasteiger partial charge in [0.15, 0.2) is 5.11 Å². The van der Waals surface area contributed by atoms with E-state index in [9.17, 15) is 31.4 Å². The first-order valence-corrected chi connectivity index (χ1v) is 8.41. The summed E-state index contributed by atoms with van der Waals surface area (Å²) in [5, 5.41) is 14.3. The van der Waals surface area contributed by atoms with Gasteiger partial charge in [0.1, 0.15) is 0 Å². The fraction of sp³-hybridized carbons (Fsp3) is 0.278. The first-order valence-electron chi connectivity index (χ1n) is 8.01. The molecule has 0 amide bonds. The van der Waals surface area contributed by atoms with Gasteiger partial charge in [-0.2, -0.15) is 26.3 Å². The zero-order valence-corrected chi connectivity index (χ0v) is 15.1. The molecule has 0 radical (unpaired) electrons. The van der Waals surface area contributed by atoms with Gasteiger partial charge in [-0.15, -0.1) is 0 Å². The number of rotatable bonds is 5. The molecule has 0 heterocycles. The van der Waals surface area contributed by atoms with Gasteiger partial charge in [0.2, 0.25) is 0 Å². The largest absolute Gasteiger partial charge is 0.416 e. The maximum absolute atomic E-state index is 12.9. The van der Waals surface area contributed by atoms with Gasteiger partial charge in [-0.05, 0) is 42.4 Å². The predicted octanol–water partition coefficient (Wildman–Crippen LogP) is 4.61. The Bertz CT molecular complexity index is 776. The van der Waals surface area contributed by atoms with Crippen molar-refractivity contribution in [1.29, 1.82) is 0 Å². The minimum Gasteiger partial charge on any atom is -0.394 e. The highest BCUT2D eigenvalue weighted by Gasteiger charge is 2.37. The van der Waals surface area contributed by atoms with E-state index in [1.807, 2.05) is 18.2 Å². The Morgan fingerprint density at radius 3 is 1.93 bits per heavy atom. The number of alkyl halides is 6. The Morgan fingerprint density at radius 1 is 0.929 bits per heavy atom. The second-order valence-corrected chi connectivity index (χ2v) is 6.37. The van der Waals surface area contributed by atoms with E-state index < -0.39 is 35.2 Å². The third kappa shape index (κ3) is 6.38. The number of thiocarbonyl (C=S) groups is 1. The molecule has 28 heavy (non-hydrogen) atoms. The molecule has 0 aliphatic carbocycles. The van der Waals surface area contributed by atoms with E-state index in [4.69, 9.17) is 12.2 Å². The Morgan fingerprint density at radius 2 is 1.46 bits per heavy atom. The normalized spacial score (nSPS) is 13.1. The average molecular weight is 422 g/mol. The Balaban J connectivity index is 2.15. The molecular formula is C18H16F6N2OS.